The number of benzene rings is 4. The quantitative estimate of drug-likeness (QED) is 0.0379. The number of H-pyrrole nitrogens is 1. The van der Waals surface area contributed by atoms with Crippen LogP contribution in [-0.2, 0) is 40.2 Å². The second kappa shape index (κ2) is 21.6. The third kappa shape index (κ3) is 9.91. The number of aromatic amines is 1. The van der Waals surface area contributed by atoms with Crippen LogP contribution in [0.4, 0.5) is 0 Å². The minimum Gasteiger partial charge on any atom is -0.497 e. The first-order valence-corrected chi connectivity index (χ1v) is 23.5. The predicted octanol–water partition coefficient (Wildman–Crippen LogP) is 8.57. The number of aryl methyl sites for hydroxylation is 1. The van der Waals surface area contributed by atoms with Crippen LogP contribution in [0, 0.1) is 18.3 Å². The molecule has 2 bridgehead atoms. The Morgan fingerprint density at radius 2 is 1.45 bits per heavy atom. The largest absolute Gasteiger partial charge is 0.497 e. The zero-order valence-electron chi connectivity index (χ0n) is 38.8. The molecule has 2 fully saturated rings. The molecule has 5 atom stereocenters. The van der Waals surface area contributed by atoms with E-state index >= 15 is 0 Å². The van der Waals surface area contributed by atoms with Gasteiger partial charge in [0.25, 0.3) is 14.1 Å². The van der Waals surface area contributed by atoms with Crippen LogP contribution in [0.25, 0.3) is 0 Å². The molecule has 66 heavy (non-hydrogen) atoms. The number of methoxy groups -OCH3 is 2. The van der Waals surface area contributed by atoms with E-state index in [1.165, 1.54) is 10.8 Å². The van der Waals surface area contributed by atoms with Crippen molar-refractivity contribution in [2.45, 2.75) is 102 Å². The van der Waals surface area contributed by atoms with Crippen molar-refractivity contribution >= 4 is 8.53 Å². The average Bonchev–Trinajstić information content (AvgIpc) is 3.76. The summed E-state index contributed by atoms with van der Waals surface area (Å²) in [7, 11) is 1.34. The highest BCUT2D eigenvalue weighted by Crippen LogP contribution is 2.63. The van der Waals surface area contributed by atoms with Crippen LogP contribution in [0.5, 0.6) is 11.5 Å². The number of aromatic nitrogens is 2. The fourth-order valence-corrected chi connectivity index (χ4v) is 11.1. The first-order chi connectivity index (χ1) is 31.9. The van der Waals surface area contributed by atoms with Gasteiger partial charge in [-0.3, -0.25) is 14.3 Å². The highest BCUT2D eigenvalue weighted by molar-refractivity contribution is 7.44. The van der Waals surface area contributed by atoms with Crippen molar-refractivity contribution in [3.05, 3.63) is 164 Å². The van der Waals surface area contributed by atoms with E-state index in [1.54, 1.807) is 21.1 Å². The molecule has 0 aliphatic carbocycles. The number of hydrogen-bond donors (Lipinski definition) is 1. The van der Waals surface area contributed by atoms with Gasteiger partial charge in [-0.05, 0) is 94.0 Å². The van der Waals surface area contributed by atoms with Crippen molar-refractivity contribution in [1.29, 1.82) is 5.26 Å². The molecule has 4 aromatic carbocycles. The van der Waals surface area contributed by atoms with Crippen molar-refractivity contribution in [3.8, 4) is 17.6 Å². The summed E-state index contributed by atoms with van der Waals surface area (Å²) >= 11 is 0. The first kappa shape index (κ1) is 48.7. The number of rotatable bonds is 23. The molecule has 5 aromatic rings. The molecule has 0 radical (unpaired) electrons. The molecule has 1 N–H and O–H groups in total. The van der Waals surface area contributed by atoms with Gasteiger partial charge in [-0.1, -0.05) is 84.9 Å². The Balaban J connectivity index is 1.41. The van der Waals surface area contributed by atoms with E-state index < -0.39 is 48.9 Å². The van der Waals surface area contributed by atoms with Crippen molar-refractivity contribution in [2.24, 2.45) is 0 Å². The van der Waals surface area contributed by atoms with Crippen LogP contribution in [-0.4, -0.2) is 84.3 Å². The van der Waals surface area contributed by atoms with Crippen molar-refractivity contribution in [2.75, 3.05) is 40.6 Å². The highest BCUT2D eigenvalue weighted by atomic mass is 31.2. The average molecular weight is 921 g/mol. The Hall–Kier alpha value is -5.20. The molecule has 1 aromatic heterocycles. The fraction of sp³-hybridized carbons (Fsp3) is 0.431. The summed E-state index contributed by atoms with van der Waals surface area (Å²) in [5, 5.41) is 9.65. The van der Waals surface area contributed by atoms with Gasteiger partial charge in [0.15, 0.2) is 6.23 Å². The Morgan fingerprint density at radius 3 is 2.03 bits per heavy atom. The first-order valence-electron chi connectivity index (χ1n) is 22.4. The van der Waals surface area contributed by atoms with Gasteiger partial charge in [-0.2, -0.15) is 5.26 Å². The van der Waals surface area contributed by atoms with Crippen molar-refractivity contribution in [3.63, 3.8) is 0 Å². The Morgan fingerprint density at radius 1 is 0.864 bits per heavy atom. The van der Waals surface area contributed by atoms with E-state index in [0.29, 0.717) is 43.1 Å². The third-order valence-electron chi connectivity index (χ3n) is 12.3. The van der Waals surface area contributed by atoms with Crippen LogP contribution in [0.15, 0.2) is 125 Å². The minimum absolute atomic E-state index is 0.0247. The summed E-state index contributed by atoms with van der Waals surface area (Å²) in [5.41, 5.74) is -1.38. The number of hydrogen-bond acceptors (Lipinski definition) is 12. The zero-order valence-corrected chi connectivity index (χ0v) is 39.7. The summed E-state index contributed by atoms with van der Waals surface area (Å²) in [5.74, 6) is 1.35. The summed E-state index contributed by atoms with van der Waals surface area (Å²) in [6.45, 7) is 10.8. The third-order valence-corrected chi connectivity index (χ3v) is 14.5. The van der Waals surface area contributed by atoms with Crippen LogP contribution >= 0.6 is 8.53 Å². The summed E-state index contributed by atoms with van der Waals surface area (Å²) in [6.07, 6.45) is 0.507. The lowest BCUT2D eigenvalue weighted by Gasteiger charge is -2.46. The summed E-state index contributed by atoms with van der Waals surface area (Å²) in [4.78, 5) is 29.1. The Kier molecular flexibility index (Phi) is 16.0. The molecule has 2 aliphatic heterocycles. The van der Waals surface area contributed by atoms with Gasteiger partial charge in [-0.15, -0.1) is 0 Å². The maximum Gasteiger partial charge on any atom is 0.330 e. The second-order valence-electron chi connectivity index (χ2n) is 17.2. The second-order valence-corrected chi connectivity index (χ2v) is 18.6. The molecule has 7 rings (SSSR count). The van der Waals surface area contributed by atoms with Crippen molar-refractivity contribution < 1.29 is 37.5 Å². The van der Waals surface area contributed by atoms with E-state index in [1.807, 2.05) is 109 Å². The number of nitrogens with one attached hydrogen (secondary N) is 1. The topological polar surface area (TPSA) is 156 Å². The molecule has 15 heteroatoms. The molecular weight excluding hydrogens is 860 g/mol. The minimum atomic E-state index is -1.92. The molecule has 1 unspecified atom stereocenters. The van der Waals surface area contributed by atoms with Crippen LogP contribution in [0.1, 0.15) is 81.0 Å². The van der Waals surface area contributed by atoms with Crippen LogP contribution < -0.4 is 20.7 Å². The zero-order chi connectivity index (χ0) is 46.9. The van der Waals surface area contributed by atoms with Gasteiger partial charge < -0.3 is 37.5 Å². The monoisotopic (exact) mass is 920 g/mol. The van der Waals surface area contributed by atoms with Gasteiger partial charge in [-0.25, -0.2) is 9.46 Å². The molecule has 350 valence electrons. The van der Waals surface area contributed by atoms with Crippen LogP contribution in [0.2, 0.25) is 0 Å². The number of nitriles is 1. The van der Waals surface area contributed by atoms with E-state index in [4.69, 9.17) is 37.5 Å². The van der Waals surface area contributed by atoms with Gasteiger partial charge >= 0.3 is 5.69 Å². The van der Waals surface area contributed by atoms with Gasteiger partial charge in [0.2, 0.25) is 0 Å². The normalized spacial score (nSPS) is 20.8. The van der Waals surface area contributed by atoms with E-state index in [2.05, 4.69) is 43.4 Å². The van der Waals surface area contributed by atoms with Crippen molar-refractivity contribution in [1.82, 2.24) is 14.2 Å². The number of fused-ring (bicyclic) bond motifs is 2. The smallest absolute Gasteiger partial charge is 0.330 e. The van der Waals surface area contributed by atoms with E-state index in [-0.39, 0.29) is 38.3 Å². The van der Waals surface area contributed by atoms with E-state index in [9.17, 15) is 14.9 Å². The Bertz CT molecular complexity index is 2440. The fourth-order valence-electron chi connectivity index (χ4n) is 9.13. The summed E-state index contributed by atoms with van der Waals surface area (Å²) in [6, 6.07) is 37.6. The lowest BCUT2D eigenvalue weighted by molar-refractivity contribution is -0.210. The highest BCUT2D eigenvalue weighted by Gasteiger charge is 2.74. The number of ether oxygens (including phenoxy) is 6. The molecule has 0 spiro atoms. The number of nitrogens with zero attached hydrogens (tertiary/aromatic N) is 3. The molecule has 0 saturated carbocycles. The molecule has 0 amide bonds. The Labute approximate surface area is 388 Å². The van der Waals surface area contributed by atoms with E-state index in [0.717, 1.165) is 22.3 Å². The predicted molar refractivity (Wildman–Crippen MR) is 251 cm³/mol. The molecular formula is C51H61N4O10P. The lowest BCUT2D eigenvalue weighted by Crippen LogP contribution is -2.58. The molecule has 3 heterocycles. The summed E-state index contributed by atoms with van der Waals surface area (Å²) < 4.78 is 57.2. The van der Waals surface area contributed by atoms with Gasteiger partial charge in [0, 0.05) is 30.5 Å². The SMILES string of the molecule is COc1ccc(C(OC[C@@]23CO[C@@H]([C@H](n4cc(C)c(=O)[nH]c4=O)O2)[C@]3(CCCOCc2ccccc2)OP(OCCC#N)N(C(C)C)C(C)C)(c2ccccc2)c2ccc(OC)cc2)cc1. The molecule has 2 saturated heterocycles. The van der Waals surface area contributed by atoms with Gasteiger partial charge in [0.05, 0.1) is 53.1 Å². The lowest BCUT2D eigenvalue weighted by atomic mass is 9.78. The maximum atomic E-state index is 13.9. The van der Waals surface area contributed by atoms with Gasteiger partial charge in [0.1, 0.15) is 34.4 Å². The van der Waals surface area contributed by atoms with Crippen LogP contribution in [0.3, 0.4) is 0 Å². The maximum absolute atomic E-state index is 13.9. The molecule has 14 nitrogen and oxygen atoms in total. The molecule has 2 aliphatic rings. The standard InChI is InChI=1S/C51H61N4O10P/c1-36(2)55(37(3)4)66(63-31-15-29-52)65-50(28-14-30-60-33-39-16-10-8-11-17-39)45-47(54-32-38(5)46(56)53-48(54)57)64-49(50,34-61-45)35-62-51(40-18-12-9-13-19-40,41-20-24-43(58-6)25-21-41)42-22-26-44(59-7)27-23-42/h8-13,16-27,32,36-37,45,47H,14-15,28,30-31,33-35H2,1-7H3,(H,53,56,57)/t45-,47+,49+,50-,66?/m0/s1.